The minimum absolute atomic E-state index is 0.589. The third-order valence-electron chi connectivity index (χ3n) is 2.88. The van der Waals surface area contributed by atoms with Crippen LogP contribution < -0.4 is 0 Å². The molecule has 5 heteroatoms. The smallest absolute Gasteiger partial charge is 0.157 e. The van der Waals surface area contributed by atoms with Crippen molar-refractivity contribution in [1.82, 2.24) is 9.88 Å². The van der Waals surface area contributed by atoms with Crippen molar-refractivity contribution in [1.29, 1.82) is 0 Å². The van der Waals surface area contributed by atoms with E-state index in [1.807, 2.05) is 17.0 Å². The minimum Gasteiger partial charge on any atom is -0.369 e. The Labute approximate surface area is 103 Å². The molecule has 1 aliphatic rings. The molecule has 2 N–H and O–H groups in total. The minimum atomic E-state index is -0.589. The summed E-state index contributed by atoms with van der Waals surface area (Å²) in [4.78, 5) is 10.5. The Balaban J connectivity index is 1.69. The molecule has 88 valence electrons. The summed E-state index contributed by atoms with van der Waals surface area (Å²) in [5, 5.41) is 12.2. The second kappa shape index (κ2) is 4.35. The molecule has 17 heavy (non-hydrogen) atoms. The molecular weight excluding hydrogens is 234 g/mol. The maximum Gasteiger partial charge on any atom is 0.157 e. The Morgan fingerprint density at radius 2 is 2.41 bits per heavy atom. The Morgan fingerprint density at radius 1 is 1.47 bits per heavy atom. The number of hydrogen-bond donors (Lipinski definition) is 2. The molecule has 0 spiro atoms. The van der Waals surface area contributed by atoms with E-state index in [1.165, 1.54) is 4.88 Å². The summed E-state index contributed by atoms with van der Waals surface area (Å²) in [6.45, 7) is 0.774. The number of aliphatic hydroxyl groups is 1. The van der Waals surface area contributed by atoms with Gasteiger partial charge in [-0.25, -0.2) is 4.99 Å². The molecule has 1 aliphatic heterocycles. The highest BCUT2D eigenvalue weighted by molar-refractivity contribution is 7.09. The molecule has 0 bridgehead atoms. The van der Waals surface area contributed by atoms with Gasteiger partial charge in [0.2, 0.25) is 0 Å². The van der Waals surface area contributed by atoms with Crippen LogP contribution in [0.1, 0.15) is 16.7 Å². The molecule has 1 atom stereocenters. The normalized spacial score (nSPS) is 18.4. The van der Waals surface area contributed by atoms with Gasteiger partial charge in [-0.3, -0.25) is 0 Å². The van der Waals surface area contributed by atoms with Crippen LogP contribution in [0.3, 0.4) is 0 Å². The van der Waals surface area contributed by atoms with Crippen molar-refractivity contribution in [2.24, 2.45) is 4.99 Å². The molecule has 0 saturated carbocycles. The van der Waals surface area contributed by atoms with E-state index >= 15 is 0 Å². The zero-order chi connectivity index (χ0) is 11.7. The molecule has 2 aromatic rings. The number of aromatic nitrogens is 1. The zero-order valence-corrected chi connectivity index (χ0v) is 10.0. The summed E-state index contributed by atoms with van der Waals surface area (Å²) in [7, 11) is 0. The predicted octanol–water partition coefficient (Wildman–Crippen LogP) is 2.29. The van der Waals surface area contributed by atoms with Crippen LogP contribution in [-0.2, 0) is 6.42 Å². The van der Waals surface area contributed by atoms with Crippen LogP contribution in [0.4, 0.5) is 5.82 Å². The van der Waals surface area contributed by atoms with Crippen LogP contribution in [0.15, 0.2) is 34.8 Å². The molecule has 0 saturated heterocycles. The largest absolute Gasteiger partial charge is 0.369 e. The highest BCUT2D eigenvalue weighted by Crippen LogP contribution is 2.29. The summed E-state index contributed by atoms with van der Waals surface area (Å²) in [6.07, 6.45) is 3.85. The first kappa shape index (κ1) is 10.6. The maximum absolute atomic E-state index is 10.2. The molecule has 0 aromatic carbocycles. The standard InChI is InChI=1S/C12H13N3OS/c16-12-10-3-5-13-11(10)14-8-15(12)6-4-9-2-1-7-17-9/h1-3,5,7-8,12-13,16H,4,6H2. The van der Waals surface area contributed by atoms with Crippen LogP contribution in [0, 0.1) is 0 Å². The number of rotatable bonds is 3. The van der Waals surface area contributed by atoms with Gasteiger partial charge in [0.1, 0.15) is 5.82 Å². The fourth-order valence-electron chi connectivity index (χ4n) is 1.94. The van der Waals surface area contributed by atoms with Crippen molar-refractivity contribution in [2.45, 2.75) is 12.6 Å². The highest BCUT2D eigenvalue weighted by Gasteiger charge is 2.22. The lowest BCUT2D eigenvalue weighted by Crippen LogP contribution is -2.31. The van der Waals surface area contributed by atoms with Gasteiger partial charge in [-0.15, -0.1) is 11.3 Å². The van der Waals surface area contributed by atoms with Crippen molar-refractivity contribution < 1.29 is 5.11 Å². The van der Waals surface area contributed by atoms with Crippen molar-refractivity contribution in [2.75, 3.05) is 6.54 Å². The van der Waals surface area contributed by atoms with Gasteiger partial charge >= 0.3 is 0 Å². The van der Waals surface area contributed by atoms with Crippen molar-refractivity contribution in [3.05, 3.63) is 40.2 Å². The SMILES string of the molecule is OC1c2cc[nH]c2N=CN1CCc1cccs1. The lowest BCUT2D eigenvalue weighted by molar-refractivity contribution is 0.0553. The van der Waals surface area contributed by atoms with E-state index in [2.05, 4.69) is 21.4 Å². The van der Waals surface area contributed by atoms with Gasteiger partial charge in [0.05, 0.1) is 6.34 Å². The monoisotopic (exact) mass is 247 g/mol. The van der Waals surface area contributed by atoms with Gasteiger partial charge in [-0.1, -0.05) is 6.07 Å². The topological polar surface area (TPSA) is 51.6 Å². The summed E-state index contributed by atoms with van der Waals surface area (Å²) >= 11 is 1.74. The van der Waals surface area contributed by atoms with Gasteiger partial charge in [0.25, 0.3) is 0 Å². The van der Waals surface area contributed by atoms with Gasteiger partial charge in [-0.05, 0) is 23.9 Å². The van der Waals surface area contributed by atoms with Gasteiger partial charge in [-0.2, -0.15) is 0 Å². The third-order valence-corrected chi connectivity index (χ3v) is 3.82. The number of fused-ring (bicyclic) bond motifs is 1. The van der Waals surface area contributed by atoms with Crippen LogP contribution in [0.5, 0.6) is 0 Å². The first-order chi connectivity index (χ1) is 8.34. The molecule has 3 rings (SSSR count). The van der Waals surface area contributed by atoms with E-state index in [-0.39, 0.29) is 0 Å². The van der Waals surface area contributed by atoms with E-state index in [4.69, 9.17) is 0 Å². The number of hydrogen-bond acceptors (Lipinski definition) is 4. The molecule has 3 heterocycles. The molecule has 4 nitrogen and oxygen atoms in total. The first-order valence-electron chi connectivity index (χ1n) is 5.52. The summed E-state index contributed by atoms with van der Waals surface area (Å²) in [5.74, 6) is 0.755. The Kier molecular flexibility index (Phi) is 2.70. The molecular formula is C12H13N3OS. The average Bonchev–Trinajstić information content (AvgIpc) is 2.99. The van der Waals surface area contributed by atoms with Crippen LogP contribution in [0.25, 0.3) is 0 Å². The highest BCUT2D eigenvalue weighted by atomic mass is 32.1. The molecule has 0 aliphatic carbocycles. The van der Waals surface area contributed by atoms with Gasteiger partial charge < -0.3 is 15.0 Å². The van der Waals surface area contributed by atoms with E-state index < -0.39 is 6.23 Å². The van der Waals surface area contributed by atoms with Gasteiger partial charge in [0.15, 0.2) is 6.23 Å². The number of aromatic amines is 1. The molecule has 0 fully saturated rings. The van der Waals surface area contributed by atoms with Crippen molar-refractivity contribution in [3.63, 3.8) is 0 Å². The second-order valence-electron chi connectivity index (χ2n) is 3.97. The number of aliphatic imine (C=N–C) groups is 1. The molecule has 2 aromatic heterocycles. The van der Waals surface area contributed by atoms with Crippen LogP contribution in [-0.4, -0.2) is 27.9 Å². The number of H-pyrrole nitrogens is 1. The average molecular weight is 247 g/mol. The lowest BCUT2D eigenvalue weighted by Gasteiger charge is -2.28. The molecule has 0 amide bonds. The van der Waals surface area contributed by atoms with Crippen LogP contribution >= 0.6 is 11.3 Å². The van der Waals surface area contributed by atoms with Crippen molar-refractivity contribution >= 4 is 23.5 Å². The van der Waals surface area contributed by atoms with E-state index in [9.17, 15) is 5.11 Å². The predicted molar refractivity (Wildman–Crippen MR) is 68.6 cm³/mol. The third kappa shape index (κ3) is 1.99. The van der Waals surface area contributed by atoms with E-state index in [0.29, 0.717) is 0 Å². The summed E-state index contributed by atoms with van der Waals surface area (Å²) in [5.41, 5.74) is 0.846. The Bertz CT molecular complexity index is 518. The summed E-state index contributed by atoms with van der Waals surface area (Å²) < 4.78 is 0. The Hall–Kier alpha value is -1.59. The number of nitrogens with zero attached hydrogens (tertiary/aromatic N) is 2. The van der Waals surface area contributed by atoms with Crippen LogP contribution in [0.2, 0.25) is 0 Å². The first-order valence-corrected chi connectivity index (χ1v) is 6.40. The summed E-state index contributed by atoms with van der Waals surface area (Å²) in [6, 6.07) is 6.03. The van der Waals surface area contributed by atoms with Crippen molar-refractivity contribution in [3.8, 4) is 0 Å². The fourth-order valence-corrected chi connectivity index (χ4v) is 2.64. The quantitative estimate of drug-likeness (QED) is 0.874. The second-order valence-corrected chi connectivity index (χ2v) is 5.00. The number of aliphatic hydroxyl groups excluding tert-OH is 1. The van der Waals surface area contributed by atoms with Gasteiger partial charge in [0, 0.05) is 23.2 Å². The zero-order valence-electron chi connectivity index (χ0n) is 9.21. The Morgan fingerprint density at radius 3 is 3.24 bits per heavy atom. The van der Waals surface area contributed by atoms with E-state index in [1.54, 1.807) is 23.9 Å². The number of nitrogens with one attached hydrogen (secondary N) is 1. The fraction of sp³-hybridized carbons (Fsp3) is 0.250. The maximum atomic E-state index is 10.2. The molecule has 0 radical (unpaired) electrons. The van der Waals surface area contributed by atoms with E-state index in [0.717, 1.165) is 24.3 Å². The number of thiophene rings is 1. The molecule has 1 unspecified atom stereocenters. The lowest BCUT2D eigenvalue weighted by atomic mass is 10.2.